The van der Waals surface area contributed by atoms with Gasteiger partial charge in [0.25, 0.3) is 0 Å². The number of hydrogen-bond donors (Lipinski definition) is 2. The van der Waals surface area contributed by atoms with E-state index in [-0.39, 0.29) is 35.8 Å². The van der Waals surface area contributed by atoms with E-state index in [0.29, 0.717) is 19.1 Å². The van der Waals surface area contributed by atoms with Gasteiger partial charge in [-0.1, -0.05) is 19.9 Å². The van der Waals surface area contributed by atoms with Gasteiger partial charge in [-0.2, -0.15) is 0 Å². The van der Waals surface area contributed by atoms with Crippen molar-refractivity contribution >= 4 is 35.8 Å². The van der Waals surface area contributed by atoms with Gasteiger partial charge in [0, 0.05) is 44.6 Å². The summed E-state index contributed by atoms with van der Waals surface area (Å²) in [6.07, 6.45) is 6.14. The Labute approximate surface area is 173 Å². The van der Waals surface area contributed by atoms with Gasteiger partial charge in [0.05, 0.1) is 6.26 Å². The minimum Gasteiger partial charge on any atom is -0.469 e. The Balaban J connectivity index is 0.00000338. The number of hydrogen-bond acceptors (Lipinski definition) is 3. The molecule has 2 heterocycles. The molecule has 0 aromatic carbocycles. The molecular weight excluding hydrogens is 443 g/mol. The molecule has 0 radical (unpaired) electrons. The summed E-state index contributed by atoms with van der Waals surface area (Å²) in [5.74, 6) is 2.04. The number of carbonyl (C=O) groups is 1. The number of guanidine groups is 1. The second-order valence-corrected chi connectivity index (χ2v) is 6.63. The van der Waals surface area contributed by atoms with E-state index >= 15 is 0 Å². The maximum absolute atomic E-state index is 12.1. The summed E-state index contributed by atoms with van der Waals surface area (Å²) in [6.45, 7) is 10.6. The molecule has 0 atom stereocenters. The van der Waals surface area contributed by atoms with Crippen molar-refractivity contribution in [2.24, 2.45) is 10.9 Å². The molecule has 2 N–H and O–H groups in total. The quantitative estimate of drug-likeness (QED) is 0.276. The molecule has 0 saturated carbocycles. The molecule has 0 unspecified atom stereocenters. The van der Waals surface area contributed by atoms with Crippen LogP contribution in [0.15, 0.2) is 40.5 Å². The molecule has 0 bridgehead atoms. The van der Waals surface area contributed by atoms with Gasteiger partial charge in [0.2, 0.25) is 5.91 Å². The van der Waals surface area contributed by atoms with Crippen LogP contribution in [0.3, 0.4) is 0 Å². The average Bonchev–Trinajstić information content (AvgIpc) is 3.13. The second kappa shape index (κ2) is 12.0. The molecule has 1 aliphatic heterocycles. The number of carbonyl (C=O) groups excluding carboxylic acids is 1. The van der Waals surface area contributed by atoms with E-state index in [4.69, 9.17) is 4.42 Å². The Hall–Kier alpha value is -1.51. The monoisotopic (exact) mass is 474 g/mol. The minimum atomic E-state index is 0. The third-order valence-electron chi connectivity index (χ3n) is 4.26. The first kappa shape index (κ1) is 22.5. The minimum absolute atomic E-state index is 0. The molecule has 1 aromatic rings. The molecule has 146 valence electrons. The Bertz CT molecular complexity index is 564. The molecule has 7 heteroatoms. The Morgan fingerprint density at radius 1 is 1.46 bits per heavy atom. The number of nitrogens with zero attached hydrogens (tertiary/aromatic N) is 2. The van der Waals surface area contributed by atoms with Crippen LogP contribution in [0.4, 0.5) is 0 Å². The topological polar surface area (TPSA) is 69.9 Å². The predicted octanol–water partition coefficient (Wildman–Crippen LogP) is 2.81. The maximum Gasteiger partial charge on any atom is 0.225 e. The van der Waals surface area contributed by atoms with Crippen LogP contribution in [0.25, 0.3) is 0 Å². The van der Waals surface area contributed by atoms with Crippen LogP contribution in [0.1, 0.15) is 32.4 Å². The maximum atomic E-state index is 12.1. The molecule has 6 nitrogen and oxygen atoms in total. The number of nitrogens with one attached hydrogen (secondary N) is 2. The van der Waals surface area contributed by atoms with Crippen molar-refractivity contribution in [3.63, 3.8) is 0 Å². The number of halogens is 1. The number of amides is 1. The fraction of sp³-hybridized carbons (Fsp3) is 0.579. The molecule has 26 heavy (non-hydrogen) atoms. The van der Waals surface area contributed by atoms with Crippen molar-refractivity contribution in [3.8, 4) is 0 Å². The zero-order valence-electron chi connectivity index (χ0n) is 15.7. The van der Waals surface area contributed by atoms with E-state index in [1.165, 1.54) is 0 Å². The number of rotatable bonds is 7. The van der Waals surface area contributed by atoms with Gasteiger partial charge in [0.15, 0.2) is 5.96 Å². The van der Waals surface area contributed by atoms with Gasteiger partial charge < -0.3 is 20.0 Å². The predicted molar refractivity (Wildman–Crippen MR) is 116 cm³/mol. The normalized spacial score (nSPS) is 15.5. The Morgan fingerprint density at radius 3 is 2.77 bits per heavy atom. The molecule has 0 aliphatic carbocycles. The zero-order valence-corrected chi connectivity index (χ0v) is 18.1. The first-order chi connectivity index (χ1) is 12.1. The zero-order chi connectivity index (χ0) is 18.1. The first-order valence-corrected chi connectivity index (χ1v) is 9.07. The van der Waals surface area contributed by atoms with E-state index in [2.05, 4.69) is 22.2 Å². The van der Waals surface area contributed by atoms with Gasteiger partial charge in [-0.3, -0.25) is 9.79 Å². The number of piperidine rings is 1. The highest BCUT2D eigenvalue weighted by atomic mass is 127. The summed E-state index contributed by atoms with van der Waals surface area (Å²) in [7, 11) is 0. The molecule has 1 aromatic heterocycles. The molecule has 1 amide bonds. The van der Waals surface area contributed by atoms with Crippen molar-refractivity contribution < 1.29 is 9.21 Å². The van der Waals surface area contributed by atoms with Crippen LogP contribution in [0, 0.1) is 5.92 Å². The van der Waals surface area contributed by atoms with Crippen molar-refractivity contribution in [1.29, 1.82) is 0 Å². The summed E-state index contributed by atoms with van der Waals surface area (Å²) >= 11 is 0. The third-order valence-corrected chi connectivity index (χ3v) is 4.26. The highest BCUT2D eigenvalue weighted by Gasteiger charge is 2.24. The second-order valence-electron chi connectivity index (χ2n) is 6.63. The van der Waals surface area contributed by atoms with Gasteiger partial charge in [-0.05, 0) is 25.0 Å². The lowest BCUT2D eigenvalue weighted by Crippen LogP contribution is -2.50. The Morgan fingerprint density at radius 2 is 2.19 bits per heavy atom. The van der Waals surface area contributed by atoms with Crippen LogP contribution < -0.4 is 10.6 Å². The molecule has 1 saturated heterocycles. The van der Waals surface area contributed by atoms with Gasteiger partial charge >= 0.3 is 0 Å². The number of aliphatic imine (C=N–C) groups is 1. The van der Waals surface area contributed by atoms with E-state index in [9.17, 15) is 4.79 Å². The summed E-state index contributed by atoms with van der Waals surface area (Å²) < 4.78 is 5.34. The summed E-state index contributed by atoms with van der Waals surface area (Å²) in [6, 6.07) is 4.18. The molecule has 1 aliphatic rings. The Kier molecular flexibility index (Phi) is 10.4. The lowest BCUT2D eigenvalue weighted by molar-refractivity contribution is -0.135. The average molecular weight is 474 g/mol. The first-order valence-electron chi connectivity index (χ1n) is 9.07. The van der Waals surface area contributed by atoms with Crippen LogP contribution in [-0.4, -0.2) is 49.0 Å². The van der Waals surface area contributed by atoms with Crippen LogP contribution in [0.5, 0.6) is 0 Å². The fourth-order valence-corrected chi connectivity index (χ4v) is 2.86. The SMILES string of the molecule is C=CCNC(=NCCc1ccco1)NC1CCN(C(=O)C(C)C)CC1.I. The summed E-state index contributed by atoms with van der Waals surface area (Å²) in [5.41, 5.74) is 0. The van der Waals surface area contributed by atoms with Crippen LogP contribution >= 0.6 is 24.0 Å². The van der Waals surface area contributed by atoms with Gasteiger partial charge in [-0.25, -0.2) is 0 Å². The summed E-state index contributed by atoms with van der Waals surface area (Å²) in [4.78, 5) is 18.7. The standard InChI is InChI=1S/C19H30N4O2.HI/c1-4-10-20-19(21-11-7-17-6-5-14-25-17)22-16-8-12-23(13-9-16)18(24)15(2)3;/h4-6,14-16H,1,7-13H2,2-3H3,(H2,20,21,22);1H. The highest BCUT2D eigenvalue weighted by molar-refractivity contribution is 14.0. The van der Waals surface area contributed by atoms with E-state index in [1.807, 2.05) is 37.0 Å². The van der Waals surface area contributed by atoms with Crippen molar-refractivity contribution in [3.05, 3.63) is 36.8 Å². The van der Waals surface area contributed by atoms with E-state index in [0.717, 1.165) is 44.1 Å². The van der Waals surface area contributed by atoms with Crippen molar-refractivity contribution in [2.45, 2.75) is 39.2 Å². The number of furan rings is 1. The molecule has 0 spiro atoms. The van der Waals surface area contributed by atoms with Crippen molar-refractivity contribution in [1.82, 2.24) is 15.5 Å². The van der Waals surface area contributed by atoms with E-state index in [1.54, 1.807) is 6.26 Å². The fourth-order valence-electron chi connectivity index (χ4n) is 2.86. The van der Waals surface area contributed by atoms with E-state index < -0.39 is 0 Å². The largest absolute Gasteiger partial charge is 0.469 e. The lowest BCUT2D eigenvalue weighted by atomic mass is 10.0. The number of likely N-dealkylation sites (tertiary alicyclic amines) is 1. The van der Waals surface area contributed by atoms with Crippen LogP contribution in [0.2, 0.25) is 0 Å². The molecular formula is C19H31IN4O2. The molecule has 1 fully saturated rings. The smallest absolute Gasteiger partial charge is 0.225 e. The van der Waals surface area contributed by atoms with Crippen molar-refractivity contribution in [2.75, 3.05) is 26.2 Å². The highest BCUT2D eigenvalue weighted by Crippen LogP contribution is 2.13. The van der Waals surface area contributed by atoms with Gasteiger partial charge in [-0.15, -0.1) is 30.6 Å². The lowest BCUT2D eigenvalue weighted by Gasteiger charge is -2.34. The summed E-state index contributed by atoms with van der Waals surface area (Å²) in [5, 5.41) is 6.74. The molecule has 2 rings (SSSR count). The van der Waals surface area contributed by atoms with Crippen LogP contribution in [-0.2, 0) is 11.2 Å². The van der Waals surface area contributed by atoms with Gasteiger partial charge in [0.1, 0.15) is 5.76 Å². The third kappa shape index (κ3) is 7.39.